The molecule has 2 unspecified atom stereocenters. The van der Waals surface area contributed by atoms with E-state index in [1.54, 1.807) is 11.3 Å². The molecule has 2 fully saturated rings. The molecule has 1 aliphatic heterocycles. The first-order valence-corrected chi connectivity index (χ1v) is 8.74. The summed E-state index contributed by atoms with van der Waals surface area (Å²) in [6.07, 6.45) is 8.03. The third-order valence-electron chi connectivity index (χ3n) is 4.74. The maximum absolute atomic E-state index is 12.1. The molecule has 0 radical (unpaired) electrons. The van der Waals surface area contributed by atoms with E-state index in [2.05, 4.69) is 21.7 Å². The molecule has 2 heterocycles. The Balaban J connectivity index is 1.49. The highest BCUT2D eigenvalue weighted by atomic mass is 32.1. The van der Waals surface area contributed by atoms with Crippen molar-refractivity contribution < 1.29 is 4.79 Å². The average Bonchev–Trinajstić information content (AvgIpc) is 2.99. The number of piperidine rings is 1. The number of hydrogen-bond acceptors (Lipinski definition) is 3. The van der Waals surface area contributed by atoms with Crippen molar-refractivity contribution >= 4 is 17.2 Å². The molecule has 0 bridgehead atoms. The van der Waals surface area contributed by atoms with Gasteiger partial charge in [-0.15, -0.1) is 11.3 Å². The summed E-state index contributed by atoms with van der Waals surface area (Å²) in [6, 6.07) is 4.77. The lowest BCUT2D eigenvalue weighted by Crippen LogP contribution is -2.50. The Morgan fingerprint density at radius 2 is 2.15 bits per heavy atom. The lowest BCUT2D eigenvalue weighted by atomic mass is 9.78. The highest BCUT2D eigenvalue weighted by Crippen LogP contribution is 2.34. The zero-order chi connectivity index (χ0) is 13.8. The summed E-state index contributed by atoms with van der Waals surface area (Å²) in [7, 11) is 0. The quantitative estimate of drug-likeness (QED) is 0.925. The molecule has 20 heavy (non-hydrogen) atoms. The van der Waals surface area contributed by atoms with E-state index < -0.39 is 0 Å². The largest absolute Gasteiger partial charge is 0.350 e. The van der Waals surface area contributed by atoms with Gasteiger partial charge in [-0.3, -0.25) is 9.69 Å². The van der Waals surface area contributed by atoms with E-state index in [-0.39, 0.29) is 5.91 Å². The zero-order valence-corrected chi connectivity index (χ0v) is 12.8. The Morgan fingerprint density at radius 1 is 1.30 bits per heavy atom. The first kappa shape index (κ1) is 14.1. The molecule has 0 aromatic carbocycles. The van der Waals surface area contributed by atoms with E-state index in [9.17, 15) is 4.79 Å². The normalized spacial score (nSPS) is 27.0. The smallest absolute Gasteiger partial charge is 0.234 e. The number of hydrogen-bond donors (Lipinski definition) is 1. The minimum Gasteiger partial charge on any atom is -0.350 e. The Morgan fingerprint density at radius 3 is 3.00 bits per heavy atom. The molecule has 1 saturated heterocycles. The third kappa shape index (κ3) is 3.41. The summed E-state index contributed by atoms with van der Waals surface area (Å²) in [6.45, 7) is 2.37. The van der Waals surface area contributed by atoms with E-state index in [4.69, 9.17) is 0 Å². The van der Waals surface area contributed by atoms with Crippen molar-refractivity contribution in [3.8, 4) is 0 Å². The van der Waals surface area contributed by atoms with Crippen molar-refractivity contribution in [1.29, 1.82) is 0 Å². The maximum Gasteiger partial charge on any atom is 0.234 e. The van der Waals surface area contributed by atoms with Crippen molar-refractivity contribution in [1.82, 2.24) is 10.2 Å². The number of carbonyl (C=O) groups is 1. The van der Waals surface area contributed by atoms with Gasteiger partial charge in [-0.05, 0) is 49.6 Å². The Kier molecular flexibility index (Phi) is 4.73. The van der Waals surface area contributed by atoms with Crippen molar-refractivity contribution in [2.45, 2.75) is 51.1 Å². The predicted molar refractivity (Wildman–Crippen MR) is 82.7 cm³/mol. The van der Waals surface area contributed by atoms with Crippen LogP contribution in [0.15, 0.2) is 17.5 Å². The van der Waals surface area contributed by atoms with Gasteiger partial charge in [0.05, 0.1) is 13.1 Å². The van der Waals surface area contributed by atoms with Crippen molar-refractivity contribution in [3.05, 3.63) is 22.4 Å². The van der Waals surface area contributed by atoms with Crippen LogP contribution in [0, 0.1) is 5.92 Å². The lowest BCUT2D eigenvalue weighted by molar-refractivity contribution is -0.124. The molecule has 2 aliphatic rings. The first-order chi connectivity index (χ1) is 9.83. The molecule has 2 atom stereocenters. The molecular formula is C16H24N2OS. The number of thiophene rings is 1. The number of likely N-dealkylation sites (tertiary alicyclic amines) is 1. The van der Waals surface area contributed by atoms with Gasteiger partial charge in [-0.25, -0.2) is 0 Å². The summed E-state index contributed by atoms with van der Waals surface area (Å²) in [5.74, 6) is 1.03. The number of carbonyl (C=O) groups excluding carboxylic acids is 1. The van der Waals surface area contributed by atoms with Crippen LogP contribution in [0.25, 0.3) is 0 Å². The lowest BCUT2D eigenvalue weighted by Gasteiger charge is -2.43. The summed E-state index contributed by atoms with van der Waals surface area (Å²) < 4.78 is 0. The molecule has 4 heteroatoms. The monoisotopic (exact) mass is 292 g/mol. The van der Waals surface area contributed by atoms with Crippen LogP contribution in [0.5, 0.6) is 0 Å². The number of rotatable bonds is 4. The SMILES string of the molecule is O=C(CN1CCCC2CCCCC21)NCc1cccs1. The van der Waals surface area contributed by atoms with Crippen LogP contribution in [0.1, 0.15) is 43.4 Å². The van der Waals surface area contributed by atoms with Gasteiger partial charge in [-0.2, -0.15) is 0 Å². The van der Waals surface area contributed by atoms with Crippen molar-refractivity contribution in [3.63, 3.8) is 0 Å². The van der Waals surface area contributed by atoms with Gasteiger partial charge in [0.15, 0.2) is 0 Å². The number of amides is 1. The van der Waals surface area contributed by atoms with Gasteiger partial charge in [0.1, 0.15) is 0 Å². The molecule has 1 aliphatic carbocycles. The molecule has 3 rings (SSSR count). The number of fused-ring (bicyclic) bond motifs is 1. The minimum atomic E-state index is 0.185. The van der Waals surface area contributed by atoms with Crippen LogP contribution in [0.3, 0.4) is 0 Å². The van der Waals surface area contributed by atoms with E-state index in [1.165, 1.54) is 43.4 Å². The molecule has 1 saturated carbocycles. The fourth-order valence-electron chi connectivity index (χ4n) is 3.76. The summed E-state index contributed by atoms with van der Waals surface area (Å²) in [4.78, 5) is 15.8. The van der Waals surface area contributed by atoms with Gasteiger partial charge in [0.2, 0.25) is 5.91 Å². The van der Waals surface area contributed by atoms with E-state index in [0.29, 0.717) is 19.1 Å². The van der Waals surface area contributed by atoms with Gasteiger partial charge in [0.25, 0.3) is 0 Å². The topological polar surface area (TPSA) is 32.3 Å². The maximum atomic E-state index is 12.1. The van der Waals surface area contributed by atoms with Gasteiger partial charge < -0.3 is 5.32 Å². The van der Waals surface area contributed by atoms with Gasteiger partial charge in [0, 0.05) is 10.9 Å². The van der Waals surface area contributed by atoms with Crippen LogP contribution >= 0.6 is 11.3 Å². The summed E-state index contributed by atoms with van der Waals surface area (Å²) in [5.41, 5.74) is 0. The minimum absolute atomic E-state index is 0.185. The van der Waals surface area contributed by atoms with Crippen LogP contribution < -0.4 is 5.32 Å². The second-order valence-electron chi connectivity index (χ2n) is 6.08. The van der Waals surface area contributed by atoms with Gasteiger partial charge >= 0.3 is 0 Å². The van der Waals surface area contributed by atoms with Gasteiger partial charge in [-0.1, -0.05) is 18.9 Å². The Bertz CT molecular complexity index is 430. The van der Waals surface area contributed by atoms with Crippen LogP contribution in [0.2, 0.25) is 0 Å². The van der Waals surface area contributed by atoms with Crippen LogP contribution in [0.4, 0.5) is 0 Å². The second-order valence-corrected chi connectivity index (χ2v) is 7.11. The Labute approximate surface area is 125 Å². The number of nitrogens with one attached hydrogen (secondary N) is 1. The third-order valence-corrected chi connectivity index (χ3v) is 5.62. The average molecular weight is 292 g/mol. The number of nitrogens with zero attached hydrogens (tertiary/aromatic N) is 1. The summed E-state index contributed by atoms with van der Waals surface area (Å²) >= 11 is 1.70. The standard InChI is InChI=1S/C16H24N2OS/c19-16(17-11-14-7-4-10-20-14)12-18-9-3-6-13-5-1-2-8-15(13)18/h4,7,10,13,15H,1-3,5-6,8-9,11-12H2,(H,17,19). The molecular weight excluding hydrogens is 268 g/mol. The molecule has 1 N–H and O–H groups in total. The second kappa shape index (κ2) is 6.72. The predicted octanol–water partition coefficient (Wildman–Crippen LogP) is 3.02. The molecule has 1 amide bonds. The van der Waals surface area contributed by atoms with Crippen molar-refractivity contribution in [2.24, 2.45) is 5.92 Å². The fraction of sp³-hybridized carbons (Fsp3) is 0.688. The highest BCUT2D eigenvalue weighted by molar-refractivity contribution is 7.09. The first-order valence-electron chi connectivity index (χ1n) is 7.86. The molecule has 110 valence electrons. The van der Waals surface area contributed by atoms with Crippen LogP contribution in [-0.2, 0) is 11.3 Å². The van der Waals surface area contributed by atoms with Crippen molar-refractivity contribution in [2.75, 3.05) is 13.1 Å². The molecule has 0 spiro atoms. The van der Waals surface area contributed by atoms with E-state index in [1.807, 2.05) is 6.07 Å². The highest BCUT2D eigenvalue weighted by Gasteiger charge is 2.33. The molecule has 1 aromatic rings. The fourth-order valence-corrected chi connectivity index (χ4v) is 4.41. The Hall–Kier alpha value is -0.870. The zero-order valence-electron chi connectivity index (χ0n) is 12.0. The van der Waals surface area contributed by atoms with E-state index in [0.717, 1.165) is 12.5 Å². The van der Waals surface area contributed by atoms with Crippen LogP contribution in [-0.4, -0.2) is 29.9 Å². The summed E-state index contributed by atoms with van der Waals surface area (Å²) in [5, 5.41) is 5.11. The van der Waals surface area contributed by atoms with E-state index >= 15 is 0 Å². The molecule has 3 nitrogen and oxygen atoms in total. The molecule has 1 aromatic heterocycles.